The van der Waals surface area contributed by atoms with Crippen molar-refractivity contribution >= 4 is 17.5 Å². The maximum Gasteiger partial charge on any atom is 0.264 e. The van der Waals surface area contributed by atoms with Crippen molar-refractivity contribution in [3.8, 4) is 11.3 Å². The van der Waals surface area contributed by atoms with Crippen LogP contribution in [0, 0.1) is 0 Å². The number of rotatable bonds is 2. The molecule has 0 unspecified atom stereocenters. The number of hydrogen-bond donors (Lipinski definition) is 1. The van der Waals surface area contributed by atoms with Crippen LogP contribution in [0.1, 0.15) is 12.0 Å². The summed E-state index contributed by atoms with van der Waals surface area (Å²) in [5.41, 5.74) is 5.65. The fraction of sp³-hybridized carbons (Fsp3) is 0.100. The van der Waals surface area contributed by atoms with Crippen LogP contribution < -0.4 is 5.73 Å². The Hall–Kier alpha value is -1.62. The summed E-state index contributed by atoms with van der Waals surface area (Å²) >= 11 is 5.74. The quantitative estimate of drug-likeness (QED) is 0.879. The fourth-order valence-corrected chi connectivity index (χ4v) is 1.53. The van der Waals surface area contributed by atoms with Crippen molar-refractivity contribution < 1.29 is 13.3 Å². The molecule has 2 N–H and O–H groups in total. The number of alkyl halides is 2. The summed E-state index contributed by atoms with van der Waals surface area (Å²) in [5, 5.41) is 3.93. The van der Waals surface area contributed by atoms with Gasteiger partial charge in [0.25, 0.3) is 6.43 Å². The molecule has 2 rings (SSSR count). The highest BCUT2D eigenvalue weighted by molar-refractivity contribution is 6.30. The molecule has 1 aromatic carbocycles. The fourth-order valence-electron chi connectivity index (χ4n) is 1.36. The molecule has 0 fully saturated rings. The van der Waals surface area contributed by atoms with Crippen molar-refractivity contribution in [1.29, 1.82) is 0 Å². The van der Waals surface area contributed by atoms with Gasteiger partial charge < -0.3 is 10.3 Å². The summed E-state index contributed by atoms with van der Waals surface area (Å²) in [4.78, 5) is 0. The molecule has 0 amide bonds. The average Bonchev–Trinajstić information content (AvgIpc) is 2.64. The van der Waals surface area contributed by atoms with E-state index < -0.39 is 6.43 Å². The lowest BCUT2D eigenvalue weighted by Crippen LogP contribution is -1.90. The molecule has 84 valence electrons. The monoisotopic (exact) mass is 244 g/mol. The van der Waals surface area contributed by atoms with Crippen LogP contribution in [0.15, 0.2) is 28.8 Å². The van der Waals surface area contributed by atoms with Crippen molar-refractivity contribution in [3.05, 3.63) is 34.9 Å². The third-order valence-electron chi connectivity index (χ3n) is 2.05. The molecule has 0 aliphatic heterocycles. The van der Waals surface area contributed by atoms with E-state index in [1.54, 1.807) is 0 Å². The van der Waals surface area contributed by atoms with E-state index in [4.69, 9.17) is 17.3 Å². The highest BCUT2D eigenvalue weighted by Gasteiger charge is 2.17. The SMILES string of the molecule is Nc1cc(-c2cc(Cl)ccc2C(F)F)no1. The second-order valence-electron chi connectivity index (χ2n) is 3.15. The van der Waals surface area contributed by atoms with E-state index in [1.807, 2.05) is 0 Å². The van der Waals surface area contributed by atoms with Crippen molar-refractivity contribution in [2.45, 2.75) is 6.43 Å². The summed E-state index contributed by atoms with van der Waals surface area (Å²) in [6.07, 6.45) is -2.61. The molecule has 3 nitrogen and oxygen atoms in total. The smallest absolute Gasteiger partial charge is 0.264 e. The molecule has 0 aliphatic rings. The minimum absolute atomic E-state index is 0.0650. The predicted molar refractivity (Wildman–Crippen MR) is 56.3 cm³/mol. The van der Waals surface area contributed by atoms with Gasteiger partial charge in [-0.25, -0.2) is 8.78 Å². The second-order valence-corrected chi connectivity index (χ2v) is 3.58. The number of nitrogen functional groups attached to an aromatic ring is 1. The lowest BCUT2D eigenvalue weighted by molar-refractivity contribution is 0.152. The van der Waals surface area contributed by atoms with E-state index in [-0.39, 0.29) is 22.7 Å². The van der Waals surface area contributed by atoms with Gasteiger partial charge >= 0.3 is 0 Å². The van der Waals surface area contributed by atoms with Gasteiger partial charge in [-0.1, -0.05) is 22.8 Å². The van der Waals surface area contributed by atoms with Gasteiger partial charge in [0.2, 0.25) is 5.88 Å². The first kappa shape index (κ1) is 10.9. The standard InChI is InChI=1S/C10H7ClF2N2O/c11-5-1-2-6(10(12)13)7(3-5)8-4-9(14)16-15-8/h1-4,10H,14H2. The Bertz CT molecular complexity index is 513. The number of nitrogens with zero attached hydrogens (tertiary/aromatic N) is 1. The Morgan fingerprint density at radius 3 is 2.62 bits per heavy atom. The Kier molecular flexibility index (Phi) is 2.78. The van der Waals surface area contributed by atoms with E-state index in [9.17, 15) is 8.78 Å². The first-order chi connectivity index (χ1) is 7.58. The van der Waals surface area contributed by atoms with Crippen LogP contribution in [0.5, 0.6) is 0 Å². The van der Waals surface area contributed by atoms with E-state index in [0.717, 1.165) is 0 Å². The molecule has 0 spiro atoms. The summed E-state index contributed by atoms with van der Waals surface area (Å²) < 4.78 is 30.1. The largest absolute Gasteiger partial charge is 0.368 e. The van der Waals surface area contributed by atoms with E-state index in [1.165, 1.54) is 24.3 Å². The number of nitrogens with two attached hydrogens (primary N) is 1. The number of aromatic nitrogens is 1. The van der Waals surface area contributed by atoms with Crippen LogP contribution >= 0.6 is 11.6 Å². The molecule has 0 radical (unpaired) electrons. The highest BCUT2D eigenvalue weighted by atomic mass is 35.5. The summed E-state index contributed by atoms with van der Waals surface area (Å²) in [6, 6.07) is 5.43. The third-order valence-corrected chi connectivity index (χ3v) is 2.29. The average molecular weight is 245 g/mol. The van der Waals surface area contributed by atoms with Crippen LogP contribution in [0.3, 0.4) is 0 Å². The van der Waals surface area contributed by atoms with E-state index in [0.29, 0.717) is 5.02 Å². The normalized spacial score (nSPS) is 11.0. The topological polar surface area (TPSA) is 52.0 Å². The molecular weight excluding hydrogens is 238 g/mol. The zero-order valence-electron chi connectivity index (χ0n) is 7.95. The summed E-state index contributed by atoms with van der Waals surface area (Å²) in [6.45, 7) is 0. The van der Waals surface area contributed by atoms with E-state index in [2.05, 4.69) is 9.68 Å². The zero-order valence-corrected chi connectivity index (χ0v) is 8.71. The Morgan fingerprint density at radius 2 is 2.06 bits per heavy atom. The second kappa shape index (κ2) is 4.09. The zero-order chi connectivity index (χ0) is 11.7. The van der Waals surface area contributed by atoms with E-state index >= 15 is 0 Å². The van der Waals surface area contributed by atoms with Gasteiger partial charge in [-0.15, -0.1) is 0 Å². The molecule has 0 bridgehead atoms. The summed E-state index contributed by atoms with van der Waals surface area (Å²) in [7, 11) is 0. The molecule has 6 heteroatoms. The Labute approximate surface area is 94.8 Å². The number of hydrogen-bond acceptors (Lipinski definition) is 3. The molecule has 0 atom stereocenters. The highest BCUT2D eigenvalue weighted by Crippen LogP contribution is 2.33. The van der Waals surface area contributed by atoms with Crippen molar-refractivity contribution in [2.24, 2.45) is 0 Å². The molecule has 0 aliphatic carbocycles. The molecule has 2 aromatic rings. The van der Waals surface area contributed by atoms with Gasteiger partial charge in [0.05, 0.1) is 0 Å². The van der Waals surface area contributed by atoms with Crippen molar-refractivity contribution in [2.75, 3.05) is 5.73 Å². The third kappa shape index (κ3) is 1.99. The van der Waals surface area contributed by atoms with Crippen molar-refractivity contribution in [3.63, 3.8) is 0 Å². The first-order valence-electron chi connectivity index (χ1n) is 4.38. The van der Waals surface area contributed by atoms with Gasteiger partial charge in [-0.05, 0) is 12.1 Å². The maximum absolute atomic E-state index is 12.7. The van der Waals surface area contributed by atoms with Crippen LogP contribution in [0.2, 0.25) is 5.02 Å². The van der Waals surface area contributed by atoms with Gasteiger partial charge in [0.15, 0.2) is 0 Å². The maximum atomic E-state index is 12.7. The molecule has 0 saturated heterocycles. The summed E-state index contributed by atoms with van der Waals surface area (Å²) in [5.74, 6) is 0.0650. The van der Waals surface area contributed by atoms with Crippen LogP contribution in [-0.4, -0.2) is 5.16 Å². The van der Waals surface area contributed by atoms with Crippen LogP contribution in [0.25, 0.3) is 11.3 Å². The molecule has 1 heterocycles. The lowest BCUT2D eigenvalue weighted by atomic mass is 10.1. The lowest BCUT2D eigenvalue weighted by Gasteiger charge is -2.05. The minimum Gasteiger partial charge on any atom is -0.368 e. The molecule has 1 aromatic heterocycles. The van der Waals surface area contributed by atoms with Gasteiger partial charge in [0, 0.05) is 22.2 Å². The van der Waals surface area contributed by atoms with Crippen LogP contribution in [-0.2, 0) is 0 Å². The molecular formula is C10H7ClF2N2O. The Balaban J connectivity index is 2.57. The molecule has 16 heavy (non-hydrogen) atoms. The van der Waals surface area contributed by atoms with Crippen LogP contribution in [0.4, 0.5) is 14.7 Å². The van der Waals surface area contributed by atoms with Gasteiger partial charge in [0.1, 0.15) is 5.69 Å². The first-order valence-corrected chi connectivity index (χ1v) is 4.76. The van der Waals surface area contributed by atoms with Gasteiger partial charge in [-0.2, -0.15) is 0 Å². The molecule has 0 saturated carbocycles. The van der Waals surface area contributed by atoms with Crippen molar-refractivity contribution in [1.82, 2.24) is 5.16 Å². The Morgan fingerprint density at radius 1 is 1.31 bits per heavy atom. The number of halogens is 3. The minimum atomic E-state index is -2.61. The predicted octanol–water partition coefficient (Wildman–Crippen LogP) is 3.51. The van der Waals surface area contributed by atoms with Gasteiger partial charge in [-0.3, -0.25) is 0 Å². The number of benzene rings is 1. The number of anilines is 1.